The van der Waals surface area contributed by atoms with Crippen LogP contribution in [0.1, 0.15) is 21.6 Å². The first kappa shape index (κ1) is 20.9. The summed E-state index contributed by atoms with van der Waals surface area (Å²) < 4.78 is 7.63. The first-order valence-electron chi connectivity index (χ1n) is 10.7. The highest BCUT2D eigenvalue weighted by Gasteiger charge is 2.16. The fourth-order valence-electron chi connectivity index (χ4n) is 3.70. The monoisotopic (exact) mass is 449 g/mol. The van der Waals surface area contributed by atoms with E-state index >= 15 is 0 Å². The van der Waals surface area contributed by atoms with E-state index in [4.69, 9.17) is 9.72 Å². The van der Waals surface area contributed by atoms with E-state index in [0.29, 0.717) is 6.54 Å². The number of methoxy groups -OCH3 is 1. The lowest BCUT2D eigenvalue weighted by atomic mass is 10.2. The number of rotatable bonds is 5. The van der Waals surface area contributed by atoms with E-state index in [1.165, 1.54) is 5.56 Å². The zero-order valence-corrected chi connectivity index (χ0v) is 19.3. The summed E-state index contributed by atoms with van der Waals surface area (Å²) >= 11 is 1.65. The van der Waals surface area contributed by atoms with Gasteiger partial charge < -0.3 is 10.1 Å². The number of aryl methyl sites for hydroxylation is 1. The van der Waals surface area contributed by atoms with E-state index < -0.39 is 0 Å². The highest BCUT2D eigenvalue weighted by molar-refractivity contribution is 7.16. The topological polar surface area (TPSA) is 38.6 Å². The Morgan fingerprint density at radius 2 is 1.79 bits per heavy atom. The quantitative estimate of drug-likeness (QED) is 0.316. The van der Waals surface area contributed by atoms with Gasteiger partial charge in [0.25, 0.3) is 0 Å². The maximum Gasteiger partial charge on any atom is 0.139 e. The average Bonchev–Trinajstić information content (AvgIpc) is 3.46. The van der Waals surface area contributed by atoms with Gasteiger partial charge >= 0.3 is 0 Å². The molecule has 0 bridgehead atoms. The molecule has 0 saturated carbocycles. The van der Waals surface area contributed by atoms with Crippen molar-refractivity contribution in [3.8, 4) is 28.2 Å². The standard InChI is InChI=1S/C28H23N3OS/c1-20-16-17-31-26(18-20)30-27(28(31)29-19-22-10-6-7-11-24(22)32-2)25-15-14-23(33-25)13-12-21-8-4-3-5-9-21/h3-11,14-18,29H,19H2,1-2H3. The smallest absolute Gasteiger partial charge is 0.139 e. The summed E-state index contributed by atoms with van der Waals surface area (Å²) in [5, 5.41) is 3.60. The van der Waals surface area contributed by atoms with Gasteiger partial charge in [0.1, 0.15) is 22.9 Å². The van der Waals surface area contributed by atoms with Crippen LogP contribution in [-0.4, -0.2) is 16.5 Å². The number of para-hydroxylation sites is 1. The fourth-order valence-corrected chi connectivity index (χ4v) is 4.55. The number of pyridine rings is 1. The molecular formula is C28H23N3OS. The molecule has 3 heterocycles. The molecule has 4 nitrogen and oxygen atoms in total. The van der Waals surface area contributed by atoms with E-state index in [1.54, 1.807) is 18.4 Å². The SMILES string of the molecule is COc1ccccc1CNc1c(-c2ccc(C#Cc3ccccc3)s2)nc2cc(C)ccn12. The van der Waals surface area contributed by atoms with Crippen LogP contribution in [-0.2, 0) is 6.54 Å². The predicted octanol–water partition coefficient (Wildman–Crippen LogP) is 6.39. The van der Waals surface area contributed by atoms with Gasteiger partial charge in [0, 0.05) is 23.9 Å². The van der Waals surface area contributed by atoms with Gasteiger partial charge in [-0.1, -0.05) is 48.2 Å². The summed E-state index contributed by atoms with van der Waals surface area (Å²) in [5.41, 5.74) is 5.12. The molecule has 5 heteroatoms. The minimum absolute atomic E-state index is 0.630. The molecule has 3 aromatic heterocycles. The normalized spacial score (nSPS) is 10.6. The van der Waals surface area contributed by atoms with Gasteiger partial charge in [0.2, 0.25) is 0 Å². The lowest BCUT2D eigenvalue weighted by molar-refractivity contribution is 0.410. The second kappa shape index (κ2) is 9.23. The van der Waals surface area contributed by atoms with E-state index in [-0.39, 0.29) is 0 Å². The summed E-state index contributed by atoms with van der Waals surface area (Å²) in [5.74, 6) is 8.35. The van der Waals surface area contributed by atoms with Gasteiger partial charge in [-0.2, -0.15) is 0 Å². The van der Waals surface area contributed by atoms with Crippen LogP contribution < -0.4 is 10.1 Å². The minimum Gasteiger partial charge on any atom is -0.496 e. The van der Waals surface area contributed by atoms with Crippen molar-refractivity contribution < 1.29 is 4.74 Å². The molecule has 0 unspecified atom stereocenters. The molecular weight excluding hydrogens is 426 g/mol. The van der Waals surface area contributed by atoms with Crippen molar-refractivity contribution in [1.82, 2.24) is 9.38 Å². The number of hydrogen-bond donors (Lipinski definition) is 1. The highest BCUT2D eigenvalue weighted by Crippen LogP contribution is 2.34. The third-order valence-electron chi connectivity index (χ3n) is 5.36. The van der Waals surface area contributed by atoms with E-state index in [9.17, 15) is 0 Å². The Morgan fingerprint density at radius 1 is 0.970 bits per heavy atom. The first-order valence-corrected chi connectivity index (χ1v) is 11.5. The molecule has 0 aliphatic heterocycles. The number of nitrogens with zero attached hydrogens (tertiary/aromatic N) is 2. The second-order valence-electron chi connectivity index (χ2n) is 7.69. The highest BCUT2D eigenvalue weighted by atomic mass is 32.1. The van der Waals surface area contributed by atoms with Crippen molar-refractivity contribution in [2.45, 2.75) is 13.5 Å². The molecule has 0 aliphatic carbocycles. The Balaban J connectivity index is 1.50. The Morgan fingerprint density at radius 3 is 2.64 bits per heavy atom. The number of benzene rings is 2. The zero-order valence-electron chi connectivity index (χ0n) is 18.5. The average molecular weight is 450 g/mol. The van der Waals surface area contributed by atoms with Crippen molar-refractivity contribution in [1.29, 1.82) is 0 Å². The van der Waals surface area contributed by atoms with Gasteiger partial charge in [-0.05, 0) is 55.0 Å². The van der Waals surface area contributed by atoms with Gasteiger partial charge in [0.05, 0.1) is 16.9 Å². The van der Waals surface area contributed by atoms with Gasteiger partial charge in [-0.15, -0.1) is 11.3 Å². The van der Waals surface area contributed by atoms with Crippen LogP contribution in [0.15, 0.2) is 85.1 Å². The number of ether oxygens (including phenoxy) is 1. The molecule has 0 amide bonds. The van der Waals surface area contributed by atoms with Crippen molar-refractivity contribution in [3.63, 3.8) is 0 Å². The fraction of sp³-hybridized carbons (Fsp3) is 0.107. The Labute approximate surface area is 197 Å². The maximum absolute atomic E-state index is 5.52. The van der Waals surface area contributed by atoms with E-state index in [2.05, 4.69) is 65.0 Å². The zero-order chi connectivity index (χ0) is 22.6. The minimum atomic E-state index is 0.630. The van der Waals surface area contributed by atoms with Crippen LogP contribution in [0.3, 0.4) is 0 Å². The summed E-state index contributed by atoms with van der Waals surface area (Å²) in [6, 6.07) is 26.5. The summed E-state index contributed by atoms with van der Waals surface area (Å²) in [6.45, 7) is 2.71. The number of fused-ring (bicyclic) bond motifs is 1. The third-order valence-corrected chi connectivity index (χ3v) is 6.37. The lowest BCUT2D eigenvalue weighted by Gasteiger charge is -2.11. The first-order chi connectivity index (χ1) is 16.2. The summed E-state index contributed by atoms with van der Waals surface area (Å²) in [4.78, 5) is 7.05. The van der Waals surface area contributed by atoms with Crippen molar-refractivity contribution in [2.24, 2.45) is 0 Å². The number of thiophene rings is 1. The van der Waals surface area contributed by atoms with Crippen LogP contribution in [0.5, 0.6) is 5.75 Å². The Kier molecular flexibility index (Phi) is 5.84. The van der Waals surface area contributed by atoms with Crippen molar-refractivity contribution >= 4 is 22.8 Å². The van der Waals surface area contributed by atoms with Crippen LogP contribution in [0, 0.1) is 18.8 Å². The van der Waals surface area contributed by atoms with Crippen LogP contribution >= 0.6 is 11.3 Å². The number of imidazole rings is 1. The molecule has 5 aromatic rings. The van der Waals surface area contributed by atoms with Gasteiger partial charge in [-0.25, -0.2) is 4.98 Å². The lowest BCUT2D eigenvalue weighted by Crippen LogP contribution is -2.04. The van der Waals surface area contributed by atoms with E-state index in [1.807, 2.05) is 48.5 Å². The molecule has 162 valence electrons. The molecule has 2 aromatic carbocycles. The molecule has 0 atom stereocenters. The van der Waals surface area contributed by atoms with Gasteiger partial charge in [0.15, 0.2) is 0 Å². The number of nitrogens with one attached hydrogen (secondary N) is 1. The Bertz CT molecular complexity index is 1470. The van der Waals surface area contributed by atoms with Crippen molar-refractivity contribution in [3.05, 3.63) is 107 Å². The molecule has 0 spiro atoms. The second-order valence-corrected chi connectivity index (χ2v) is 8.77. The number of hydrogen-bond acceptors (Lipinski definition) is 4. The van der Waals surface area contributed by atoms with Crippen molar-refractivity contribution in [2.75, 3.05) is 12.4 Å². The molecule has 5 rings (SSSR count). The van der Waals surface area contributed by atoms with Crippen LogP contribution in [0.4, 0.5) is 5.82 Å². The van der Waals surface area contributed by atoms with E-state index in [0.717, 1.165) is 43.8 Å². The number of aromatic nitrogens is 2. The number of anilines is 1. The summed E-state index contributed by atoms with van der Waals surface area (Å²) in [6.07, 6.45) is 2.06. The molecule has 1 N–H and O–H groups in total. The molecule has 0 aliphatic rings. The molecule has 0 fully saturated rings. The summed E-state index contributed by atoms with van der Waals surface area (Å²) in [7, 11) is 1.70. The van der Waals surface area contributed by atoms with Crippen LogP contribution in [0.25, 0.3) is 16.2 Å². The van der Waals surface area contributed by atoms with Crippen LogP contribution in [0.2, 0.25) is 0 Å². The Hall–Kier alpha value is -4.01. The molecule has 33 heavy (non-hydrogen) atoms. The van der Waals surface area contributed by atoms with Gasteiger partial charge in [-0.3, -0.25) is 4.40 Å². The molecule has 0 radical (unpaired) electrons. The largest absolute Gasteiger partial charge is 0.496 e. The maximum atomic E-state index is 5.52. The molecule has 0 saturated heterocycles. The predicted molar refractivity (Wildman–Crippen MR) is 136 cm³/mol. The third kappa shape index (κ3) is 4.48.